The number of hydrogen-bond acceptors (Lipinski definition) is 2. The summed E-state index contributed by atoms with van der Waals surface area (Å²) in [6, 6.07) is 8.34. The monoisotopic (exact) mass is 226 g/mol. The fraction of sp³-hybridized carbons (Fsp3) is 0.533. The van der Waals surface area contributed by atoms with Crippen molar-refractivity contribution in [3.05, 3.63) is 29.3 Å². The fourth-order valence-electron chi connectivity index (χ4n) is 2.76. The van der Waals surface area contributed by atoms with Crippen LogP contribution in [0.3, 0.4) is 0 Å². The lowest BCUT2D eigenvalue weighted by molar-refractivity contribution is 0.467. The van der Waals surface area contributed by atoms with Crippen molar-refractivity contribution in [3.63, 3.8) is 0 Å². The van der Waals surface area contributed by atoms with Crippen LogP contribution in [0.1, 0.15) is 36.8 Å². The van der Waals surface area contributed by atoms with E-state index in [1.807, 2.05) is 19.1 Å². The lowest BCUT2D eigenvalue weighted by Crippen LogP contribution is -2.17. The molecule has 2 heteroatoms. The lowest BCUT2D eigenvalue weighted by Gasteiger charge is -2.16. The third-order valence-corrected chi connectivity index (χ3v) is 4.26. The molecule has 0 bridgehead atoms. The van der Waals surface area contributed by atoms with Crippen molar-refractivity contribution in [2.75, 3.05) is 11.9 Å². The molecule has 88 valence electrons. The summed E-state index contributed by atoms with van der Waals surface area (Å²) >= 11 is 0. The van der Waals surface area contributed by atoms with Crippen LogP contribution in [0.15, 0.2) is 18.2 Å². The zero-order valence-corrected chi connectivity index (χ0v) is 10.3. The molecule has 0 radical (unpaired) electrons. The number of hydrogen-bond donors (Lipinski definition) is 1. The van der Waals surface area contributed by atoms with Crippen molar-refractivity contribution in [3.8, 4) is 6.07 Å². The predicted molar refractivity (Wildman–Crippen MR) is 68.8 cm³/mol. The molecule has 0 unspecified atom stereocenters. The average Bonchev–Trinajstić information content (AvgIpc) is 3.18. The summed E-state index contributed by atoms with van der Waals surface area (Å²) in [6.07, 6.45) is 5.58. The second kappa shape index (κ2) is 3.77. The normalized spacial score (nSPS) is 20.7. The molecule has 0 spiro atoms. The minimum Gasteiger partial charge on any atom is -0.383 e. The molecular formula is C15H18N2. The fourth-order valence-corrected chi connectivity index (χ4v) is 2.76. The van der Waals surface area contributed by atoms with Crippen LogP contribution in [0.25, 0.3) is 0 Å². The summed E-state index contributed by atoms with van der Waals surface area (Å²) in [5.41, 5.74) is 3.51. The van der Waals surface area contributed by atoms with Crippen molar-refractivity contribution in [2.24, 2.45) is 11.3 Å². The first kappa shape index (κ1) is 10.7. The second-order valence-corrected chi connectivity index (χ2v) is 5.65. The van der Waals surface area contributed by atoms with Crippen LogP contribution in [-0.2, 0) is 0 Å². The van der Waals surface area contributed by atoms with Crippen molar-refractivity contribution >= 4 is 5.69 Å². The van der Waals surface area contributed by atoms with Crippen LogP contribution in [0.2, 0.25) is 0 Å². The number of benzene rings is 1. The average molecular weight is 226 g/mol. The Bertz CT molecular complexity index is 476. The largest absolute Gasteiger partial charge is 0.383 e. The van der Waals surface area contributed by atoms with Crippen molar-refractivity contribution in [2.45, 2.75) is 32.6 Å². The number of aryl methyl sites for hydroxylation is 1. The molecule has 0 atom stereocenters. The third-order valence-electron chi connectivity index (χ3n) is 4.26. The van der Waals surface area contributed by atoms with Gasteiger partial charge >= 0.3 is 0 Å². The molecule has 1 aromatic carbocycles. The zero-order valence-electron chi connectivity index (χ0n) is 10.3. The molecule has 0 heterocycles. The maximum Gasteiger partial charge on any atom is 0.101 e. The van der Waals surface area contributed by atoms with E-state index >= 15 is 0 Å². The molecule has 0 amide bonds. The van der Waals surface area contributed by atoms with Gasteiger partial charge in [-0.3, -0.25) is 0 Å². The number of nitrogens with one attached hydrogen (secondary N) is 1. The quantitative estimate of drug-likeness (QED) is 0.853. The third kappa shape index (κ3) is 2.02. The Balaban J connectivity index is 1.71. The van der Waals surface area contributed by atoms with E-state index in [1.165, 1.54) is 25.7 Å². The second-order valence-electron chi connectivity index (χ2n) is 5.65. The summed E-state index contributed by atoms with van der Waals surface area (Å²) in [6.45, 7) is 3.08. The first-order valence-electron chi connectivity index (χ1n) is 6.48. The number of rotatable bonds is 4. The molecule has 3 rings (SSSR count). The molecule has 0 aliphatic heterocycles. The molecule has 2 nitrogen and oxygen atoms in total. The molecule has 0 saturated heterocycles. The standard InChI is InChI=1S/C15H18N2/c1-11-2-5-14(12(8-11)9-16)17-10-15(6-7-15)13-3-4-13/h2,5,8,13,17H,3-4,6-7,10H2,1H3. The molecule has 2 aliphatic carbocycles. The van der Waals surface area contributed by atoms with Crippen LogP contribution >= 0.6 is 0 Å². The number of nitriles is 1. The molecule has 1 aromatic rings. The minimum atomic E-state index is 0.581. The van der Waals surface area contributed by atoms with E-state index in [4.69, 9.17) is 5.26 Å². The van der Waals surface area contributed by atoms with Gasteiger partial charge in [-0.15, -0.1) is 0 Å². The van der Waals surface area contributed by atoms with E-state index in [9.17, 15) is 0 Å². The van der Waals surface area contributed by atoms with Gasteiger partial charge in [0.2, 0.25) is 0 Å². The molecule has 2 fully saturated rings. The first-order valence-corrected chi connectivity index (χ1v) is 6.48. The van der Waals surface area contributed by atoms with Gasteiger partial charge in [0.15, 0.2) is 0 Å². The summed E-state index contributed by atoms with van der Waals surface area (Å²) in [5.74, 6) is 0.964. The topological polar surface area (TPSA) is 35.8 Å². The van der Waals surface area contributed by atoms with Gasteiger partial charge in [-0.2, -0.15) is 5.26 Å². The molecule has 17 heavy (non-hydrogen) atoms. The van der Waals surface area contributed by atoms with Gasteiger partial charge in [-0.1, -0.05) is 6.07 Å². The summed E-state index contributed by atoms with van der Waals surface area (Å²) < 4.78 is 0. The Hall–Kier alpha value is -1.49. The summed E-state index contributed by atoms with van der Waals surface area (Å²) in [7, 11) is 0. The molecular weight excluding hydrogens is 208 g/mol. The Morgan fingerprint density at radius 1 is 1.41 bits per heavy atom. The Kier molecular flexibility index (Phi) is 2.36. The smallest absolute Gasteiger partial charge is 0.101 e. The van der Waals surface area contributed by atoms with Gasteiger partial charge in [0.05, 0.1) is 11.3 Å². The van der Waals surface area contributed by atoms with Crippen molar-refractivity contribution in [1.29, 1.82) is 5.26 Å². The molecule has 0 aromatic heterocycles. The van der Waals surface area contributed by atoms with E-state index in [-0.39, 0.29) is 0 Å². The van der Waals surface area contributed by atoms with Gasteiger partial charge in [0.1, 0.15) is 6.07 Å². The molecule has 2 saturated carbocycles. The van der Waals surface area contributed by atoms with E-state index in [2.05, 4.69) is 17.5 Å². The summed E-state index contributed by atoms with van der Waals surface area (Å²) in [5, 5.41) is 12.6. The highest BCUT2D eigenvalue weighted by atomic mass is 14.9. The predicted octanol–water partition coefficient (Wildman–Crippen LogP) is 3.47. The molecule has 1 N–H and O–H groups in total. The van der Waals surface area contributed by atoms with Crippen LogP contribution < -0.4 is 5.32 Å². The highest BCUT2D eigenvalue weighted by Gasteiger charge is 2.53. The van der Waals surface area contributed by atoms with Crippen LogP contribution in [-0.4, -0.2) is 6.54 Å². The van der Waals surface area contributed by atoms with E-state index in [1.54, 1.807) is 0 Å². The Morgan fingerprint density at radius 3 is 2.76 bits per heavy atom. The highest BCUT2D eigenvalue weighted by Crippen LogP contribution is 2.61. The van der Waals surface area contributed by atoms with E-state index < -0.39 is 0 Å². The van der Waals surface area contributed by atoms with Crippen molar-refractivity contribution in [1.82, 2.24) is 0 Å². The van der Waals surface area contributed by atoms with Gasteiger partial charge in [-0.25, -0.2) is 0 Å². The highest BCUT2D eigenvalue weighted by molar-refractivity contribution is 5.58. The maximum atomic E-state index is 9.12. The van der Waals surface area contributed by atoms with Gasteiger partial charge in [0, 0.05) is 6.54 Å². The first-order chi connectivity index (χ1) is 8.23. The Morgan fingerprint density at radius 2 is 2.18 bits per heavy atom. The van der Waals surface area contributed by atoms with Gasteiger partial charge in [0.25, 0.3) is 0 Å². The van der Waals surface area contributed by atoms with Crippen LogP contribution in [0, 0.1) is 29.6 Å². The van der Waals surface area contributed by atoms with Crippen LogP contribution in [0.5, 0.6) is 0 Å². The molecule has 2 aliphatic rings. The van der Waals surface area contributed by atoms with E-state index in [0.29, 0.717) is 5.41 Å². The van der Waals surface area contributed by atoms with Crippen molar-refractivity contribution < 1.29 is 0 Å². The number of anilines is 1. The number of nitrogens with zero attached hydrogens (tertiary/aromatic N) is 1. The minimum absolute atomic E-state index is 0.581. The Labute approximate surface area is 103 Å². The van der Waals surface area contributed by atoms with Crippen LogP contribution in [0.4, 0.5) is 5.69 Å². The van der Waals surface area contributed by atoms with Gasteiger partial charge < -0.3 is 5.32 Å². The zero-order chi connectivity index (χ0) is 11.9. The maximum absolute atomic E-state index is 9.12. The SMILES string of the molecule is Cc1ccc(NCC2(C3CC3)CC2)c(C#N)c1. The summed E-state index contributed by atoms with van der Waals surface area (Å²) in [4.78, 5) is 0. The van der Waals surface area contributed by atoms with Gasteiger partial charge in [-0.05, 0) is 61.6 Å². The lowest BCUT2D eigenvalue weighted by atomic mass is 10.0. The van der Waals surface area contributed by atoms with E-state index in [0.717, 1.165) is 29.3 Å².